The molecule has 1 saturated heterocycles. The van der Waals surface area contributed by atoms with Crippen LogP contribution in [-0.4, -0.2) is 30.8 Å². The van der Waals surface area contributed by atoms with Crippen LogP contribution in [-0.2, 0) is 4.74 Å². The lowest BCUT2D eigenvalue weighted by atomic mass is 10.0. The van der Waals surface area contributed by atoms with Crippen molar-refractivity contribution in [2.45, 2.75) is 45.3 Å². The maximum absolute atomic E-state index is 13.1. The molecular formula is C16H22BrFN2O2. The van der Waals surface area contributed by atoms with Crippen molar-refractivity contribution in [3.63, 3.8) is 0 Å². The molecule has 1 fully saturated rings. The maximum Gasteiger partial charge on any atom is 0.407 e. The minimum Gasteiger partial charge on any atom is -0.444 e. The van der Waals surface area contributed by atoms with Crippen LogP contribution in [0.3, 0.4) is 0 Å². The fourth-order valence-corrected chi connectivity index (χ4v) is 3.08. The SMILES string of the molecule is CC(C)(C)OC(=O)NC1CCN(c2ccc(F)cc2Br)CC1. The summed E-state index contributed by atoms with van der Waals surface area (Å²) in [5, 5.41) is 2.91. The number of hydrogen-bond acceptors (Lipinski definition) is 3. The van der Waals surface area contributed by atoms with Crippen LogP contribution in [0.25, 0.3) is 0 Å². The largest absolute Gasteiger partial charge is 0.444 e. The zero-order valence-electron chi connectivity index (χ0n) is 13.2. The Hall–Kier alpha value is -1.30. The monoisotopic (exact) mass is 372 g/mol. The number of alkyl carbamates (subject to hydrolysis) is 1. The number of halogens is 2. The lowest BCUT2D eigenvalue weighted by Crippen LogP contribution is -2.46. The third kappa shape index (κ3) is 4.87. The first kappa shape index (κ1) is 17.1. The number of carbonyl (C=O) groups is 1. The normalized spacial score (nSPS) is 16.5. The summed E-state index contributed by atoms with van der Waals surface area (Å²) in [5.41, 5.74) is 0.501. The van der Waals surface area contributed by atoms with Gasteiger partial charge in [0.25, 0.3) is 0 Å². The molecule has 1 amide bonds. The maximum atomic E-state index is 13.1. The van der Waals surface area contributed by atoms with Gasteiger partial charge >= 0.3 is 6.09 Å². The molecule has 1 N–H and O–H groups in total. The van der Waals surface area contributed by atoms with Crippen molar-refractivity contribution in [1.82, 2.24) is 5.32 Å². The number of nitrogens with zero attached hydrogens (tertiary/aromatic N) is 1. The third-order valence-electron chi connectivity index (χ3n) is 3.47. The molecule has 1 aliphatic heterocycles. The lowest BCUT2D eigenvalue weighted by molar-refractivity contribution is 0.0497. The molecule has 0 atom stereocenters. The number of carbonyl (C=O) groups excluding carboxylic acids is 1. The van der Waals surface area contributed by atoms with Gasteiger partial charge in [0.05, 0.1) is 5.69 Å². The molecule has 4 nitrogen and oxygen atoms in total. The number of rotatable bonds is 2. The van der Waals surface area contributed by atoms with Gasteiger partial charge in [-0.3, -0.25) is 0 Å². The summed E-state index contributed by atoms with van der Waals surface area (Å²) in [6, 6.07) is 4.83. The molecular weight excluding hydrogens is 351 g/mol. The van der Waals surface area contributed by atoms with Gasteiger partial charge in [0.15, 0.2) is 0 Å². The molecule has 6 heteroatoms. The van der Waals surface area contributed by atoms with Crippen molar-refractivity contribution >= 4 is 27.7 Å². The number of ether oxygens (including phenoxy) is 1. The van der Waals surface area contributed by atoms with Crippen LogP contribution in [0.5, 0.6) is 0 Å². The van der Waals surface area contributed by atoms with Gasteiger partial charge < -0.3 is 15.0 Å². The smallest absolute Gasteiger partial charge is 0.407 e. The molecule has 0 aromatic heterocycles. The van der Waals surface area contributed by atoms with E-state index < -0.39 is 5.60 Å². The number of amides is 1. The van der Waals surface area contributed by atoms with E-state index in [9.17, 15) is 9.18 Å². The van der Waals surface area contributed by atoms with E-state index in [0.717, 1.165) is 36.1 Å². The fraction of sp³-hybridized carbons (Fsp3) is 0.562. The molecule has 1 aromatic rings. The van der Waals surface area contributed by atoms with E-state index in [0.29, 0.717) is 0 Å². The minimum absolute atomic E-state index is 0.116. The summed E-state index contributed by atoms with van der Waals surface area (Å²) in [6.07, 6.45) is 1.31. The second-order valence-electron chi connectivity index (χ2n) is 6.50. The van der Waals surface area contributed by atoms with Crippen molar-refractivity contribution in [2.24, 2.45) is 0 Å². The zero-order valence-corrected chi connectivity index (χ0v) is 14.7. The summed E-state index contributed by atoms with van der Waals surface area (Å²) in [7, 11) is 0. The van der Waals surface area contributed by atoms with E-state index in [1.807, 2.05) is 20.8 Å². The molecule has 0 unspecified atom stereocenters. The first-order chi connectivity index (χ1) is 10.2. The first-order valence-electron chi connectivity index (χ1n) is 7.44. The predicted molar refractivity (Wildman–Crippen MR) is 88.7 cm³/mol. The van der Waals surface area contributed by atoms with Crippen molar-refractivity contribution in [3.05, 3.63) is 28.5 Å². The van der Waals surface area contributed by atoms with E-state index in [-0.39, 0.29) is 18.0 Å². The van der Waals surface area contributed by atoms with Crippen LogP contribution >= 0.6 is 15.9 Å². The second kappa shape index (κ2) is 6.86. The van der Waals surface area contributed by atoms with Gasteiger partial charge in [0.2, 0.25) is 0 Å². The Labute approximate surface area is 139 Å². The summed E-state index contributed by atoms with van der Waals surface area (Å²) in [4.78, 5) is 14.0. The lowest BCUT2D eigenvalue weighted by Gasteiger charge is -2.34. The third-order valence-corrected chi connectivity index (χ3v) is 4.10. The van der Waals surface area contributed by atoms with E-state index in [2.05, 4.69) is 26.1 Å². The highest BCUT2D eigenvalue weighted by atomic mass is 79.9. The summed E-state index contributed by atoms with van der Waals surface area (Å²) >= 11 is 3.40. The minimum atomic E-state index is -0.482. The highest BCUT2D eigenvalue weighted by Crippen LogP contribution is 2.29. The Morgan fingerprint density at radius 3 is 2.55 bits per heavy atom. The van der Waals surface area contributed by atoms with Crippen LogP contribution < -0.4 is 10.2 Å². The van der Waals surface area contributed by atoms with Crippen molar-refractivity contribution in [1.29, 1.82) is 0 Å². The Bertz CT molecular complexity index is 537. The summed E-state index contributed by atoms with van der Waals surface area (Å²) < 4.78 is 19.2. The molecule has 122 valence electrons. The molecule has 1 heterocycles. The number of hydrogen-bond donors (Lipinski definition) is 1. The number of benzene rings is 1. The van der Waals surface area contributed by atoms with Gasteiger partial charge in [-0.15, -0.1) is 0 Å². The molecule has 0 radical (unpaired) electrons. The van der Waals surface area contributed by atoms with Crippen molar-refractivity contribution < 1.29 is 13.9 Å². The molecule has 0 aliphatic carbocycles. The van der Waals surface area contributed by atoms with Gasteiger partial charge in [-0.2, -0.15) is 0 Å². The van der Waals surface area contributed by atoms with E-state index in [1.165, 1.54) is 12.1 Å². The van der Waals surface area contributed by atoms with Gasteiger partial charge in [0, 0.05) is 23.6 Å². The van der Waals surface area contributed by atoms with Crippen molar-refractivity contribution in [3.8, 4) is 0 Å². The van der Waals surface area contributed by atoms with Crippen LogP contribution in [0.15, 0.2) is 22.7 Å². The fourth-order valence-electron chi connectivity index (χ4n) is 2.48. The highest BCUT2D eigenvalue weighted by molar-refractivity contribution is 9.10. The molecule has 0 spiro atoms. The Morgan fingerprint density at radius 2 is 2.00 bits per heavy atom. The van der Waals surface area contributed by atoms with Crippen LogP contribution in [0.4, 0.5) is 14.9 Å². The Morgan fingerprint density at radius 1 is 1.36 bits per heavy atom. The average Bonchev–Trinajstić information content (AvgIpc) is 2.38. The molecule has 22 heavy (non-hydrogen) atoms. The number of nitrogens with one attached hydrogen (secondary N) is 1. The van der Waals surface area contributed by atoms with Gasteiger partial charge in [-0.05, 0) is 67.7 Å². The highest BCUT2D eigenvalue weighted by Gasteiger charge is 2.24. The molecule has 1 aliphatic rings. The number of anilines is 1. The molecule has 1 aromatic carbocycles. The van der Waals surface area contributed by atoms with E-state index in [1.54, 1.807) is 6.07 Å². The summed E-state index contributed by atoms with van der Waals surface area (Å²) in [5.74, 6) is -0.253. The van der Waals surface area contributed by atoms with E-state index >= 15 is 0 Å². The zero-order chi connectivity index (χ0) is 16.3. The van der Waals surface area contributed by atoms with Gasteiger partial charge in [0.1, 0.15) is 11.4 Å². The average molecular weight is 373 g/mol. The molecule has 0 saturated carbocycles. The first-order valence-corrected chi connectivity index (χ1v) is 8.23. The second-order valence-corrected chi connectivity index (χ2v) is 7.36. The van der Waals surface area contributed by atoms with Crippen LogP contribution in [0.2, 0.25) is 0 Å². The molecule has 2 rings (SSSR count). The topological polar surface area (TPSA) is 41.6 Å². The van der Waals surface area contributed by atoms with Crippen LogP contribution in [0, 0.1) is 5.82 Å². The predicted octanol–water partition coefficient (Wildman–Crippen LogP) is 4.08. The number of piperidine rings is 1. The standard InChI is InChI=1S/C16H22BrFN2O2/c1-16(2,3)22-15(21)19-12-6-8-20(9-7-12)14-5-4-11(18)10-13(14)17/h4-5,10,12H,6-9H2,1-3H3,(H,19,21). The quantitative estimate of drug-likeness (QED) is 0.850. The van der Waals surface area contributed by atoms with Crippen LogP contribution in [0.1, 0.15) is 33.6 Å². The Kier molecular flexibility index (Phi) is 5.32. The van der Waals surface area contributed by atoms with Gasteiger partial charge in [-0.25, -0.2) is 9.18 Å². The van der Waals surface area contributed by atoms with Gasteiger partial charge in [-0.1, -0.05) is 0 Å². The van der Waals surface area contributed by atoms with E-state index in [4.69, 9.17) is 4.74 Å². The Balaban J connectivity index is 1.86. The summed E-state index contributed by atoms with van der Waals surface area (Å²) in [6.45, 7) is 7.17. The molecule has 0 bridgehead atoms. The van der Waals surface area contributed by atoms with Crippen molar-refractivity contribution in [2.75, 3.05) is 18.0 Å².